The molecule has 0 aliphatic carbocycles. The predicted molar refractivity (Wildman–Crippen MR) is 90.7 cm³/mol. The number of likely N-dealkylation sites (tertiary alicyclic amines) is 1. The van der Waals surface area contributed by atoms with Gasteiger partial charge in [-0.05, 0) is 32.4 Å². The lowest BCUT2D eigenvalue weighted by atomic mass is 10.0. The van der Waals surface area contributed by atoms with E-state index in [4.69, 9.17) is 14.7 Å². The molecule has 8 nitrogen and oxygen atoms in total. The maximum Gasteiger partial charge on any atom is 0.263 e. The highest BCUT2D eigenvalue weighted by atomic mass is 16.5. The van der Waals surface area contributed by atoms with Crippen LogP contribution >= 0.6 is 0 Å². The average molecular weight is 346 g/mol. The quantitative estimate of drug-likeness (QED) is 0.623. The smallest absolute Gasteiger partial charge is 0.263 e. The standard InChI is InChI=1S/C17H22N4O4/c1-17(2,16(22)20-23)21-9-7-11(10-21)25-13-6-8-18-15-12(13)4-5-14(19-15)24-3/h4-6,8,11,23H,7,9-10H2,1-3H3,(H,20,22). The first-order valence-corrected chi connectivity index (χ1v) is 8.11. The number of amides is 1. The fourth-order valence-corrected chi connectivity index (χ4v) is 3.00. The van der Waals surface area contributed by atoms with Crippen molar-refractivity contribution in [3.8, 4) is 11.6 Å². The van der Waals surface area contributed by atoms with Crippen LogP contribution in [0.3, 0.4) is 0 Å². The molecule has 25 heavy (non-hydrogen) atoms. The number of carbonyl (C=O) groups is 1. The molecule has 2 aromatic heterocycles. The summed E-state index contributed by atoms with van der Waals surface area (Å²) < 4.78 is 11.3. The molecule has 2 aromatic rings. The Hall–Kier alpha value is -2.45. The second-order valence-corrected chi connectivity index (χ2v) is 6.51. The number of carbonyl (C=O) groups excluding carboxylic acids is 1. The van der Waals surface area contributed by atoms with Crippen LogP contribution in [0.4, 0.5) is 0 Å². The van der Waals surface area contributed by atoms with Gasteiger partial charge in [0.05, 0.1) is 18.0 Å². The molecule has 1 saturated heterocycles. The first kappa shape index (κ1) is 17.4. The summed E-state index contributed by atoms with van der Waals surface area (Å²) in [7, 11) is 1.56. The molecule has 0 radical (unpaired) electrons. The maximum absolute atomic E-state index is 11.8. The van der Waals surface area contributed by atoms with Gasteiger partial charge in [-0.25, -0.2) is 10.5 Å². The molecule has 0 bridgehead atoms. The summed E-state index contributed by atoms with van der Waals surface area (Å²) in [5.74, 6) is 0.774. The number of hydrogen-bond acceptors (Lipinski definition) is 7. The number of pyridine rings is 2. The van der Waals surface area contributed by atoms with E-state index in [-0.39, 0.29) is 6.10 Å². The summed E-state index contributed by atoms with van der Waals surface area (Å²) in [6.07, 6.45) is 2.38. The van der Waals surface area contributed by atoms with Crippen molar-refractivity contribution in [2.24, 2.45) is 0 Å². The second kappa shape index (κ2) is 6.81. The molecule has 3 rings (SSSR count). The van der Waals surface area contributed by atoms with Crippen molar-refractivity contribution >= 4 is 16.9 Å². The van der Waals surface area contributed by atoms with Crippen molar-refractivity contribution in [1.82, 2.24) is 20.3 Å². The van der Waals surface area contributed by atoms with E-state index in [9.17, 15) is 4.79 Å². The number of ether oxygens (including phenoxy) is 2. The van der Waals surface area contributed by atoms with E-state index in [0.29, 0.717) is 30.4 Å². The zero-order valence-corrected chi connectivity index (χ0v) is 14.5. The Morgan fingerprint density at radius 3 is 2.92 bits per heavy atom. The van der Waals surface area contributed by atoms with Crippen LogP contribution in [0.15, 0.2) is 24.4 Å². The third-order valence-corrected chi connectivity index (χ3v) is 4.63. The van der Waals surface area contributed by atoms with E-state index < -0.39 is 11.4 Å². The Kier molecular flexibility index (Phi) is 4.73. The van der Waals surface area contributed by atoms with Gasteiger partial charge in [-0.1, -0.05) is 0 Å². The molecular weight excluding hydrogens is 324 g/mol. The van der Waals surface area contributed by atoms with Crippen molar-refractivity contribution in [3.63, 3.8) is 0 Å². The topological polar surface area (TPSA) is 96.8 Å². The monoisotopic (exact) mass is 346 g/mol. The maximum atomic E-state index is 11.8. The Morgan fingerprint density at radius 1 is 1.40 bits per heavy atom. The molecule has 1 unspecified atom stereocenters. The summed E-state index contributed by atoms with van der Waals surface area (Å²) in [6, 6.07) is 5.45. The number of rotatable bonds is 5. The van der Waals surface area contributed by atoms with Gasteiger partial charge < -0.3 is 9.47 Å². The molecular formula is C17H22N4O4. The summed E-state index contributed by atoms with van der Waals surface area (Å²) in [4.78, 5) is 22.4. The van der Waals surface area contributed by atoms with Gasteiger partial charge in [0.25, 0.3) is 5.91 Å². The van der Waals surface area contributed by atoms with Gasteiger partial charge in [-0.3, -0.25) is 14.9 Å². The molecule has 1 aliphatic rings. The van der Waals surface area contributed by atoms with Crippen LogP contribution in [0.2, 0.25) is 0 Å². The van der Waals surface area contributed by atoms with Gasteiger partial charge in [0.15, 0.2) is 5.65 Å². The van der Waals surface area contributed by atoms with E-state index in [1.165, 1.54) is 0 Å². The Bertz CT molecular complexity index is 780. The normalized spacial score (nSPS) is 18.3. The first-order valence-electron chi connectivity index (χ1n) is 8.11. The average Bonchev–Trinajstić information content (AvgIpc) is 3.10. The highest BCUT2D eigenvalue weighted by molar-refractivity contribution is 5.84. The van der Waals surface area contributed by atoms with Crippen molar-refractivity contribution in [3.05, 3.63) is 24.4 Å². The molecule has 3 heterocycles. The molecule has 134 valence electrons. The second-order valence-electron chi connectivity index (χ2n) is 6.51. The van der Waals surface area contributed by atoms with E-state index in [2.05, 4.69) is 9.97 Å². The zero-order valence-electron chi connectivity index (χ0n) is 14.5. The SMILES string of the molecule is COc1ccc2c(OC3CCN(C(C)(C)C(=O)NO)C3)ccnc2n1. The van der Waals surface area contributed by atoms with E-state index in [1.807, 2.05) is 17.0 Å². The van der Waals surface area contributed by atoms with Crippen LogP contribution in [0, 0.1) is 0 Å². The summed E-state index contributed by atoms with van der Waals surface area (Å²) in [5.41, 5.74) is 1.49. The Balaban J connectivity index is 1.76. The van der Waals surface area contributed by atoms with Crippen LogP contribution in [-0.4, -0.2) is 57.8 Å². The molecule has 0 saturated carbocycles. The van der Waals surface area contributed by atoms with E-state index >= 15 is 0 Å². The summed E-state index contributed by atoms with van der Waals surface area (Å²) in [6.45, 7) is 4.85. The Labute approximate surface area is 145 Å². The molecule has 0 spiro atoms. The van der Waals surface area contributed by atoms with Crippen LogP contribution in [-0.2, 0) is 4.79 Å². The minimum atomic E-state index is -0.803. The van der Waals surface area contributed by atoms with Crippen molar-refractivity contribution < 1.29 is 19.5 Å². The number of methoxy groups -OCH3 is 1. The van der Waals surface area contributed by atoms with Crippen LogP contribution in [0.25, 0.3) is 11.0 Å². The lowest BCUT2D eigenvalue weighted by Crippen LogP contribution is -2.53. The van der Waals surface area contributed by atoms with Crippen LogP contribution in [0.1, 0.15) is 20.3 Å². The lowest BCUT2D eigenvalue weighted by Gasteiger charge is -2.32. The largest absolute Gasteiger partial charge is 0.488 e. The summed E-state index contributed by atoms with van der Waals surface area (Å²) in [5, 5.41) is 9.73. The van der Waals surface area contributed by atoms with Gasteiger partial charge in [0.1, 0.15) is 11.9 Å². The summed E-state index contributed by atoms with van der Waals surface area (Å²) >= 11 is 0. The van der Waals surface area contributed by atoms with Gasteiger partial charge in [0, 0.05) is 25.4 Å². The third-order valence-electron chi connectivity index (χ3n) is 4.63. The lowest BCUT2D eigenvalue weighted by molar-refractivity contribution is -0.139. The van der Waals surface area contributed by atoms with Crippen molar-refractivity contribution in [2.45, 2.75) is 31.9 Å². The fraction of sp³-hybridized carbons (Fsp3) is 0.471. The van der Waals surface area contributed by atoms with Crippen molar-refractivity contribution in [2.75, 3.05) is 20.2 Å². The predicted octanol–water partition coefficient (Wildman–Crippen LogP) is 1.38. The van der Waals surface area contributed by atoms with E-state index in [0.717, 1.165) is 11.8 Å². The third kappa shape index (κ3) is 3.35. The number of hydrogen-bond donors (Lipinski definition) is 2. The fourth-order valence-electron chi connectivity index (χ4n) is 3.00. The number of nitrogens with zero attached hydrogens (tertiary/aromatic N) is 3. The van der Waals surface area contributed by atoms with Gasteiger partial charge in [0.2, 0.25) is 5.88 Å². The molecule has 1 atom stereocenters. The van der Waals surface area contributed by atoms with Gasteiger partial charge >= 0.3 is 0 Å². The number of hydroxylamine groups is 1. The zero-order chi connectivity index (χ0) is 18.0. The molecule has 8 heteroatoms. The molecule has 0 aromatic carbocycles. The van der Waals surface area contributed by atoms with Crippen LogP contribution < -0.4 is 15.0 Å². The Morgan fingerprint density at radius 2 is 2.20 bits per heavy atom. The minimum Gasteiger partial charge on any atom is -0.488 e. The highest BCUT2D eigenvalue weighted by Crippen LogP contribution is 2.29. The molecule has 1 aliphatic heterocycles. The minimum absolute atomic E-state index is 0.0570. The van der Waals surface area contributed by atoms with Crippen molar-refractivity contribution in [1.29, 1.82) is 0 Å². The van der Waals surface area contributed by atoms with Gasteiger partial charge in [-0.15, -0.1) is 0 Å². The van der Waals surface area contributed by atoms with Gasteiger partial charge in [-0.2, -0.15) is 4.98 Å². The number of fused-ring (bicyclic) bond motifs is 1. The number of nitrogens with one attached hydrogen (secondary N) is 1. The molecule has 1 amide bonds. The van der Waals surface area contributed by atoms with E-state index in [1.54, 1.807) is 38.7 Å². The highest BCUT2D eigenvalue weighted by Gasteiger charge is 2.39. The first-order chi connectivity index (χ1) is 12.0. The molecule has 1 fully saturated rings. The molecule has 2 N–H and O–H groups in total. The number of aromatic nitrogens is 2. The van der Waals surface area contributed by atoms with Crippen LogP contribution in [0.5, 0.6) is 11.6 Å².